The van der Waals surface area contributed by atoms with Crippen LogP contribution in [0.4, 0.5) is 18.9 Å². The highest BCUT2D eigenvalue weighted by atomic mass is 32.2. The van der Waals surface area contributed by atoms with Crippen molar-refractivity contribution >= 4 is 21.6 Å². The largest absolute Gasteiger partial charge is 0.348 e. The number of carbonyl (C=O) groups is 1. The van der Waals surface area contributed by atoms with E-state index < -0.39 is 46.0 Å². The number of hydrogen-bond acceptors (Lipinski definition) is 3. The number of carbonyl (C=O) groups excluding carboxylic acids is 1. The van der Waals surface area contributed by atoms with E-state index in [9.17, 15) is 26.4 Å². The molecule has 0 saturated carbocycles. The van der Waals surface area contributed by atoms with Gasteiger partial charge >= 0.3 is 0 Å². The van der Waals surface area contributed by atoms with Crippen LogP contribution >= 0.6 is 0 Å². The fourth-order valence-corrected chi connectivity index (χ4v) is 3.14. The van der Waals surface area contributed by atoms with E-state index >= 15 is 0 Å². The van der Waals surface area contributed by atoms with Gasteiger partial charge in [0.15, 0.2) is 11.6 Å². The fourth-order valence-electron chi connectivity index (χ4n) is 2.29. The fraction of sp³-hybridized carbons (Fsp3) is 0.235. The molecular weight excluding hydrogens is 369 g/mol. The molecule has 140 valence electrons. The summed E-state index contributed by atoms with van der Waals surface area (Å²) in [4.78, 5) is 12.2. The minimum atomic E-state index is -3.91. The van der Waals surface area contributed by atoms with Crippen LogP contribution in [0.1, 0.15) is 18.5 Å². The molecule has 5 nitrogen and oxygen atoms in total. The molecule has 26 heavy (non-hydrogen) atoms. The molecule has 0 aliphatic heterocycles. The summed E-state index contributed by atoms with van der Waals surface area (Å²) in [5, 5.41) is 2.58. The Labute approximate surface area is 149 Å². The number of sulfonamides is 1. The summed E-state index contributed by atoms with van der Waals surface area (Å²) in [6.45, 7) is 1.03. The van der Waals surface area contributed by atoms with Crippen LogP contribution in [-0.4, -0.2) is 27.1 Å². The van der Waals surface area contributed by atoms with Crippen LogP contribution in [0.2, 0.25) is 0 Å². The van der Waals surface area contributed by atoms with Gasteiger partial charge in [-0.15, -0.1) is 0 Å². The average molecular weight is 386 g/mol. The third-order valence-electron chi connectivity index (χ3n) is 3.63. The summed E-state index contributed by atoms with van der Waals surface area (Å²) in [6.07, 6.45) is 0.852. The van der Waals surface area contributed by atoms with Gasteiger partial charge in [-0.25, -0.2) is 21.6 Å². The summed E-state index contributed by atoms with van der Waals surface area (Å²) >= 11 is 0. The molecular formula is C17H17F3N2O3S. The van der Waals surface area contributed by atoms with Crippen molar-refractivity contribution in [3.05, 3.63) is 65.5 Å². The minimum absolute atomic E-state index is 0.170. The van der Waals surface area contributed by atoms with Crippen LogP contribution in [0.25, 0.3) is 0 Å². The third-order valence-corrected chi connectivity index (χ3v) is 4.77. The zero-order chi connectivity index (χ0) is 19.5. The average Bonchev–Trinajstić information content (AvgIpc) is 2.55. The van der Waals surface area contributed by atoms with Gasteiger partial charge in [-0.2, -0.15) is 0 Å². The Bertz CT molecular complexity index is 902. The first-order valence-corrected chi connectivity index (χ1v) is 9.40. The highest BCUT2D eigenvalue weighted by molar-refractivity contribution is 7.92. The second-order valence-electron chi connectivity index (χ2n) is 5.71. The van der Waals surface area contributed by atoms with Crippen molar-refractivity contribution in [3.8, 4) is 0 Å². The van der Waals surface area contributed by atoms with Gasteiger partial charge in [0.2, 0.25) is 15.9 Å². The van der Waals surface area contributed by atoms with Crippen LogP contribution in [0.15, 0.2) is 42.5 Å². The minimum Gasteiger partial charge on any atom is -0.348 e. The first-order chi connectivity index (χ1) is 12.1. The Hall–Kier alpha value is -2.55. The molecule has 0 fully saturated rings. The summed E-state index contributed by atoms with van der Waals surface area (Å²) in [7, 11) is -3.91. The lowest BCUT2D eigenvalue weighted by atomic mass is 10.1. The zero-order valence-corrected chi connectivity index (χ0v) is 14.9. The number of hydrogen-bond donors (Lipinski definition) is 1. The molecule has 0 spiro atoms. The SMILES string of the molecule is C[C@@H](NC(=O)CN(c1ccc(F)c(F)c1)S(C)(=O)=O)c1ccc(F)cc1. The van der Waals surface area contributed by atoms with Crippen LogP contribution in [0.5, 0.6) is 0 Å². The summed E-state index contributed by atoms with van der Waals surface area (Å²) < 4.78 is 64.0. The molecule has 0 heterocycles. The Morgan fingerprint density at radius 1 is 1.08 bits per heavy atom. The van der Waals surface area contributed by atoms with Crippen molar-refractivity contribution < 1.29 is 26.4 Å². The first-order valence-electron chi connectivity index (χ1n) is 7.55. The number of nitrogens with zero attached hydrogens (tertiary/aromatic N) is 1. The van der Waals surface area contributed by atoms with E-state index in [2.05, 4.69) is 5.32 Å². The third kappa shape index (κ3) is 4.98. The van der Waals surface area contributed by atoms with Gasteiger partial charge in [0.05, 0.1) is 18.0 Å². The standard InChI is InChI=1S/C17H17F3N2O3S/c1-11(12-3-5-13(18)6-4-12)21-17(23)10-22(26(2,24)25)14-7-8-15(19)16(20)9-14/h3-9,11H,10H2,1-2H3,(H,21,23)/t11-/m1/s1. The number of rotatable bonds is 6. The molecule has 1 N–H and O–H groups in total. The van der Waals surface area contributed by atoms with Gasteiger partial charge in [0.1, 0.15) is 12.4 Å². The zero-order valence-electron chi connectivity index (χ0n) is 14.0. The molecule has 0 bridgehead atoms. The first kappa shape index (κ1) is 19.8. The van der Waals surface area contributed by atoms with Crippen molar-refractivity contribution in [2.45, 2.75) is 13.0 Å². The Morgan fingerprint density at radius 2 is 1.69 bits per heavy atom. The molecule has 0 aliphatic rings. The topological polar surface area (TPSA) is 66.5 Å². The van der Waals surface area contributed by atoms with Crippen LogP contribution < -0.4 is 9.62 Å². The van der Waals surface area contributed by atoms with E-state index in [4.69, 9.17) is 0 Å². The summed E-state index contributed by atoms with van der Waals surface area (Å²) in [5.41, 5.74) is 0.453. The lowest BCUT2D eigenvalue weighted by Crippen LogP contribution is -2.41. The molecule has 0 aromatic heterocycles. The molecule has 2 rings (SSSR count). The predicted octanol–water partition coefficient (Wildman–Crippen LogP) is 2.75. The highest BCUT2D eigenvalue weighted by Crippen LogP contribution is 2.20. The molecule has 0 radical (unpaired) electrons. The maximum absolute atomic E-state index is 13.4. The van der Waals surface area contributed by atoms with Gasteiger partial charge in [-0.05, 0) is 36.8 Å². The number of benzene rings is 2. The Kier molecular flexibility index (Phi) is 5.91. The van der Waals surface area contributed by atoms with Crippen LogP contribution in [0.3, 0.4) is 0 Å². The van der Waals surface area contributed by atoms with E-state index in [1.165, 1.54) is 24.3 Å². The Balaban J connectivity index is 2.16. The van der Waals surface area contributed by atoms with Crippen molar-refractivity contribution in [3.63, 3.8) is 0 Å². The molecule has 2 aromatic rings. The van der Waals surface area contributed by atoms with Crippen LogP contribution in [-0.2, 0) is 14.8 Å². The van der Waals surface area contributed by atoms with Crippen molar-refractivity contribution in [2.24, 2.45) is 0 Å². The molecule has 1 atom stereocenters. The predicted molar refractivity (Wildman–Crippen MR) is 91.5 cm³/mol. The smallest absolute Gasteiger partial charge is 0.241 e. The number of nitrogens with one attached hydrogen (secondary N) is 1. The quantitative estimate of drug-likeness (QED) is 0.830. The molecule has 0 unspecified atom stereocenters. The van der Waals surface area contributed by atoms with E-state index in [-0.39, 0.29) is 5.69 Å². The van der Waals surface area contributed by atoms with Crippen molar-refractivity contribution in [2.75, 3.05) is 17.1 Å². The lowest BCUT2D eigenvalue weighted by molar-refractivity contribution is -0.120. The number of amides is 1. The van der Waals surface area contributed by atoms with Gasteiger partial charge in [0.25, 0.3) is 0 Å². The molecule has 9 heteroatoms. The van der Waals surface area contributed by atoms with Crippen LogP contribution in [0, 0.1) is 17.5 Å². The van der Waals surface area contributed by atoms with Crippen molar-refractivity contribution in [1.82, 2.24) is 5.32 Å². The van der Waals surface area contributed by atoms with Crippen molar-refractivity contribution in [1.29, 1.82) is 0 Å². The van der Waals surface area contributed by atoms with E-state index in [1.54, 1.807) is 6.92 Å². The van der Waals surface area contributed by atoms with E-state index in [0.29, 0.717) is 15.9 Å². The van der Waals surface area contributed by atoms with Gasteiger partial charge < -0.3 is 5.32 Å². The van der Waals surface area contributed by atoms with E-state index in [1.807, 2.05) is 0 Å². The number of halogens is 3. The monoisotopic (exact) mass is 386 g/mol. The van der Waals surface area contributed by atoms with Gasteiger partial charge in [0, 0.05) is 6.07 Å². The maximum Gasteiger partial charge on any atom is 0.241 e. The second kappa shape index (κ2) is 7.77. The Morgan fingerprint density at radius 3 is 2.23 bits per heavy atom. The lowest BCUT2D eigenvalue weighted by Gasteiger charge is -2.23. The van der Waals surface area contributed by atoms with Gasteiger partial charge in [-0.3, -0.25) is 9.10 Å². The van der Waals surface area contributed by atoms with E-state index in [0.717, 1.165) is 18.4 Å². The highest BCUT2D eigenvalue weighted by Gasteiger charge is 2.23. The molecule has 1 amide bonds. The second-order valence-corrected chi connectivity index (χ2v) is 7.62. The molecule has 0 aliphatic carbocycles. The van der Waals surface area contributed by atoms with Gasteiger partial charge in [-0.1, -0.05) is 12.1 Å². The molecule has 0 saturated heterocycles. The molecule has 2 aromatic carbocycles. The normalized spacial score (nSPS) is 12.5. The summed E-state index contributed by atoms with van der Waals surface area (Å²) in [5.74, 6) is -3.43. The maximum atomic E-state index is 13.4. The number of anilines is 1. The summed E-state index contributed by atoms with van der Waals surface area (Å²) in [6, 6.07) is 7.50.